The standard InChI is InChI=1S/C29H46N4O3Si/c1-27(2,3)35-26(34)33-21(16-29-15-20(29)14-22(30)23(31)17-29)11-12-24(33)25(19-10-9-13-32-18-19)36-37(7,8)28(4,5)6/h9-10,13,18,20-21,24-25,30-31H,11-12,14-17H2,1-8H3. The van der Waals surface area contributed by atoms with Crippen molar-refractivity contribution in [2.24, 2.45) is 11.3 Å². The maximum absolute atomic E-state index is 13.8. The van der Waals surface area contributed by atoms with Crippen molar-refractivity contribution in [3.05, 3.63) is 30.1 Å². The lowest BCUT2D eigenvalue weighted by atomic mass is 9.81. The van der Waals surface area contributed by atoms with E-state index in [1.165, 1.54) is 0 Å². The molecule has 1 amide bonds. The second kappa shape index (κ2) is 9.60. The number of ether oxygens (including phenoxy) is 1. The minimum absolute atomic E-state index is 0.0232. The van der Waals surface area contributed by atoms with Crippen molar-refractivity contribution < 1.29 is 14.0 Å². The van der Waals surface area contributed by atoms with Gasteiger partial charge in [0.15, 0.2) is 8.32 Å². The van der Waals surface area contributed by atoms with E-state index in [1.807, 2.05) is 37.9 Å². The van der Waals surface area contributed by atoms with E-state index in [1.54, 1.807) is 6.20 Å². The van der Waals surface area contributed by atoms with Gasteiger partial charge in [-0.1, -0.05) is 26.8 Å². The summed E-state index contributed by atoms with van der Waals surface area (Å²) in [5.41, 5.74) is 1.42. The van der Waals surface area contributed by atoms with Crippen LogP contribution >= 0.6 is 0 Å². The van der Waals surface area contributed by atoms with Crippen LogP contribution in [-0.2, 0) is 9.16 Å². The van der Waals surface area contributed by atoms with E-state index in [4.69, 9.17) is 20.0 Å². The van der Waals surface area contributed by atoms with Crippen LogP contribution in [0.3, 0.4) is 0 Å². The fourth-order valence-electron chi connectivity index (χ4n) is 5.97. The van der Waals surface area contributed by atoms with Crippen molar-refractivity contribution >= 4 is 25.8 Å². The first-order valence-corrected chi connectivity index (χ1v) is 16.7. The fourth-order valence-corrected chi connectivity index (χ4v) is 7.25. The van der Waals surface area contributed by atoms with Gasteiger partial charge in [-0.05, 0) is 100 Å². The van der Waals surface area contributed by atoms with Crippen molar-refractivity contribution in [3.63, 3.8) is 0 Å². The number of aromatic nitrogens is 1. The lowest BCUT2D eigenvalue weighted by Crippen LogP contribution is -2.50. The number of pyridine rings is 1. The quantitative estimate of drug-likeness (QED) is 0.385. The Labute approximate surface area is 223 Å². The maximum Gasteiger partial charge on any atom is 0.410 e. The first-order chi connectivity index (χ1) is 17.0. The van der Waals surface area contributed by atoms with E-state index in [-0.39, 0.29) is 34.7 Å². The molecule has 1 aliphatic heterocycles. The van der Waals surface area contributed by atoms with Crippen molar-refractivity contribution in [2.45, 2.75) is 122 Å². The van der Waals surface area contributed by atoms with Crippen LogP contribution in [0.2, 0.25) is 18.1 Å². The predicted molar refractivity (Wildman–Crippen MR) is 150 cm³/mol. The van der Waals surface area contributed by atoms with Gasteiger partial charge in [0, 0.05) is 18.4 Å². The topological polar surface area (TPSA) is 99.4 Å². The molecule has 7 nitrogen and oxygen atoms in total. The summed E-state index contributed by atoms with van der Waals surface area (Å²) in [5.74, 6) is 0.464. The van der Waals surface area contributed by atoms with Crippen LogP contribution in [0.15, 0.2) is 24.5 Å². The summed E-state index contributed by atoms with van der Waals surface area (Å²) in [7, 11) is -2.18. The predicted octanol–water partition coefficient (Wildman–Crippen LogP) is 7.14. The number of carbonyl (C=O) groups is 1. The van der Waals surface area contributed by atoms with E-state index < -0.39 is 13.9 Å². The number of nitrogens with one attached hydrogen (secondary N) is 2. The van der Waals surface area contributed by atoms with Gasteiger partial charge in [0.05, 0.1) is 23.6 Å². The Morgan fingerprint density at radius 1 is 1.19 bits per heavy atom. The molecule has 2 aliphatic carbocycles. The molecule has 0 aromatic carbocycles. The molecule has 3 fully saturated rings. The summed E-state index contributed by atoms with van der Waals surface area (Å²) in [5, 5.41) is 16.5. The molecule has 2 saturated carbocycles. The van der Waals surface area contributed by atoms with Crippen LogP contribution in [-0.4, -0.2) is 53.4 Å². The lowest BCUT2D eigenvalue weighted by Gasteiger charge is -2.43. The molecule has 1 aromatic rings. The second-order valence-electron chi connectivity index (χ2n) is 14.1. The summed E-state index contributed by atoms with van der Waals surface area (Å²) in [6.45, 7) is 17.0. The van der Waals surface area contributed by atoms with E-state index in [9.17, 15) is 4.79 Å². The van der Waals surface area contributed by atoms with Gasteiger partial charge in [-0.3, -0.25) is 9.88 Å². The Balaban J connectivity index is 1.67. The van der Waals surface area contributed by atoms with E-state index >= 15 is 0 Å². The molecule has 1 saturated heterocycles. The van der Waals surface area contributed by atoms with Gasteiger partial charge in [0.25, 0.3) is 0 Å². The molecule has 4 rings (SSSR count). The number of hydrogen-bond donors (Lipinski definition) is 2. The average Bonchev–Trinajstić information content (AvgIpc) is 3.27. The Morgan fingerprint density at radius 2 is 1.89 bits per heavy atom. The van der Waals surface area contributed by atoms with Gasteiger partial charge >= 0.3 is 6.09 Å². The first-order valence-electron chi connectivity index (χ1n) is 13.8. The van der Waals surface area contributed by atoms with Crippen molar-refractivity contribution in [1.29, 1.82) is 10.8 Å². The number of hydrogen-bond acceptors (Lipinski definition) is 6. The van der Waals surface area contributed by atoms with Gasteiger partial charge in [-0.2, -0.15) is 0 Å². The molecule has 204 valence electrons. The highest BCUT2D eigenvalue weighted by Crippen LogP contribution is 2.63. The number of nitrogens with zero attached hydrogens (tertiary/aromatic N) is 2. The summed E-state index contributed by atoms with van der Waals surface area (Å²) < 4.78 is 13.1. The van der Waals surface area contributed by atoms with Crippen LogP contribution in [0.25, 0.3) is 0 Å². The minimum Gasteiger partial charge on any atom is -0.444 e. The van der Waals surface area contributed by atoms with E-state index in [2.05, 4.69) is 44.9 Å². The largest absolute Gasteiger partial charge is 0.444 e. The van der Waals surface area contributed by atoms with Crippen LogP contribution in [0.5, 0.6) is 0 Å². The molecule has 0 radical (unpaired) electrons. The van der Waals surface area contributed by atoms with Crippen LogP contribution in [0, 0.1) is 22.2 Å². The third-order valence-corrected chi connectivity index (χ3v) is 13.5. The molecule has 1 aromatic heterocycles. The number of likely N-dealkylation sites (tertiary alicyclic amines) is 1. The summed E-state index contributed by atoms with van der Waals surface area (Å²) in [6.07, 6.45) is 8.10. The summed E-state index contributed by atoms with van der Waals surface area (Å²) in [4.78, 5) is 20.2. The zero-order chi connectivity index (χ0) is 27.4. The highest BCUT2D eigenvalue weighted by atomic mass is 28.4. The second-order valence-corrected chi connectivity index (χ2v) is 18.8. The van der Waals surface area contributed by atoms with Crippen molar-refractivity contribution in [2.75, 3.05) is 0 Å². The van der Waals surface area contributed by atoms with Crippen molar-refractivity contribution in [1.82, 2.24) is 9.88 Å². The Morgan fingerprint density at radius 3 is 2.49 bits per heavy atom. The van der Waals surface area contributed by atoms with Gasteiger partial charge < -0.3 is 20.0 Å². The van der Waals surface area contributed by atoms with Gasteiger partial charge in [-0.15, -0.1) is 0 Å². The number of fused-ring (bicyclic) bond motifs is 1. The number of rotatable bonds is 6. The normalized spacial score (nSPS) is 29.2. The fraction of sp³-hybridized carbons (Fsp3) is 0.724. The molecule has 5 unspecified atom stereocenters. The highest BCUT2D eigenvalue weighted by molar-refractivity contribution is 6.74. The third-order valence-electron chi connectivity index (χ3n) is 9.09. The maximum atomic E-state index is 13.8. The molecule has 5 atom stereocenters. The average molecular weight is 527 g/mol. The molecule has 0 bridgehead atoms. The van der Waals surface area contributed by atoms with E-state index in [0.717, 1.165) is 31.2 Å². The molecule has 2 heterocycles. The molecular formula is C29H46N4O3Si. The highest BCUT2D eigenvalue weighted by Gasteiger charge is 2.60. The number of carbonyl (C=O) groups excluding carboxylic acids is 1. The first kappa shape index (κ1) is 28.0. The molecule has 8 heteroatoms. The van der Waals surface area contributed by atoms with Crippen LogP contribution < -0.4 is 0 Å². The Bertz CT molecular complexity index is 1050. The Hall–Kier alpha value is -2.06. The van der Waals surface area contributed by atoms with Gasteiger partial charge in [0.1, 0.15) is 5.60 Å². The van der Waals surface area contributed by atoms with Gasteiger partial charge in [0.2, 0.25) is 0 Å². The smallest absolute Gasteiger partial charge is 0.410 e. The molecule has 37 heavy (non-hydrogen) atoms. The third kappa shape index (κ3) is 5.85. The summed E-state index contributed by atoms with van der Waals surface area (Å²) in [6, 6.07) is 3.90. The zero-order valence-corrected chi connectivity index (χ0v) is 25.0. The summed E-state index contributed by atoms with van der Waals surface area (Å²) >= 11 is 0. The molecule has 3 aliphatic rings. The van der Waals surface area contributed by atoms with E-state index in [0.29, 0.717) is 30.2 Å². The molecule has 2 N–H and O–H groups in total. The molecular weight excluding hydrogens is 480 g/mol. The lowest BCUT2D eigenvalue weighted by molar-refractivity contribution is -0.00534. The monoisotopic (exact) mass is 526 g/mol. The van der Waals surface area contributed by atoms with Crippen LogP contribution in [0.1, 0.15) is 91.7 Å². The SMILES string of the molecule is CC(C)(C)OC(=O)N1C(CC23CC(=N)C(=N)CC2C3)CCC1C(O[Si](C)(C)C(C)(C)C)c1cccnc1. The zero-order valence-electron chi connectivity index (χ0n) is 24.0. The minimum atomic E-state index is -2.18. The molecule has 0 spiro atoms. The van der Waals surface area contributed by atoms with Gasteiger partial charge in [-0.25, -0.2) is 4.79 Å². The Kier molecular flexibility index (Phi) is 7.25. The van der Waals surface area contributed by atoms with Crippen molar-refractivity contribution in [3.8, 4) is 0 Å². The van der Waals surface area contributed by atoms with Crippen LogP contribution in [0.4, 0.5) is 4.79 Å². The number of amides is 1.